The minimum atomic E-state index is -1.20. The fourth-order valence-corrected chi connectivity index (χ4v) is 1.95. The zero-order valence-corrected chi connectivity index (χ0v) is 12.1. The molecule has 7 nitrogen and oxygen atoms in total. The van der Waals surface area contributed by atoms with Crippen LogP contribution in [0.2, 0.25) is 0 Å². The van der Waals surface area contributed by atoms with E-state index in [1.165, 1.54) is 12.1 Å². The van der Waals surface area contributed by atoms with Crippen LogP contribution in [0.3, 0.4) is 0 Å². The van der Waals surface area contributed by atoms with E-state index >= 15 is 0 Å². The third-order valence-corrected chi connectivity index (χ3v) is 3.21. The van der Waals surface area contributed by atoms with Crippen molar-refractivity contribution in [3.63, 3.8) is 0 Å². The van der Waals surface area contributed by atoms with Crippen LogP contribution in [0, 0.1) is 15.5 Å². The maximum atomic E-state index is 11.0. The first kappa shape index (κ1) is 16.9. The third kappa shape index (κ3) is 5.03. The number of aromatic carboxylic acids is 1. The number of aliphatic hydroxyl groups is 1. The second-order valence-electron chi connectivity index (χ2n) is 5.64. The van der Waals surface area contributed by atoms with Gasteiger partial charge in [0.1, 0.15) is 5.69 Å². The molecule has 0 spiro atoms. The number of carbonyl (C=O) groups is 1. The van der Waals surface area contributed by atoms with E-state index in [0.29, 0.717) is 18.7 Å². The van der Waals surface area contributed by atoms with Gasteiger partial charge in [-0.1, -0.05) is 13.8 Å². The van der Waals surface area contributed by atoms with Crippen molar-refractivity contribution < 1.29 is 19.9 Å². The Morgan fingerprint density at radius 1 is 1.43 bits per heavy atom. The van der Waals surface area contributed by atoms with Crippen molar-refractivity contribution in [1.82, 2.24) is 0 Å². The lowest BCUT2D eigenvalue weighted by molar-refractivity contribution is -0.384. The van der Waals surface area contributed by atoms with E-state index in [1.807, 2.05) is 13.8 Å². The van der Waals surface area contributed by atoms with Crippen LogP contribution < -0.4 is 5.32 Å². The van der Waals surface area contributed by atoms with Gasteiger partial charge in [0.2, 0.25) is 0 Å². The number of nitro benzene ring substituents is 1. The largest absolute Gasteiger partial charge is 0.478 e. The number of nitrogens with zero attached hydrogens (tertiary/aromatic N) is 1. The van der Waals surface area contributed by atoms with Crippen molar-refractivity contribution in [1.29, 1.82) is 0 Å². The fraction of sp³-hybridized carbons (Fsp3) is 0.500. The highest BCUT2D eigenvalue weighted by molar-refractivity contribution is 5.89. The van der Waals surface area contributed by atoms with Gasteiger partial charge in [-0.05, 0) is 30.4 Å². The van der Waals surface area contributed by atoms with Crippen LogP contribution >= 0.6 is 0 Å². The number of nitrogens with one attached hydrogen (secondary N) is 1. The molecule has 0 aliphatic carbocycles. The number of carboxylic acid groups (broad SMARTS) is 1. The average Bonchev–Trinajstić information content (AvgIpc) is 2.42. The van der Waals surface area contributed by atoms with Gasteiger partial charge < -0.3 is 15.5 Å². The van der Waals surface area contributed by atoms with Gasteiger partial charge in [0.15, 0.2) is 0 Å². The summed E-state index contributed by atoms with van der Waals surface area (Å²) in [5.41, 5.74) is -0.219. The number of carboxylic acids is 1. The summed E-state index contributed by atoms with van der Waals surface area (Å²) in [5.74, 6) is -1.20. The molecule has 1 rings (SSSR count). The summed E-state index contributed by atoms with van der Waals surface area (Å²) in [6.07, 6.45) is 1.44. The Bertz CT molecular complexity index is 528. The van der Waals surface area contributed by atoms with Crippen LogP contribution in [0.15, 0.2) is 18.2 Å². The van der Waals surface area contributed by atoms with Gasteiger partial charge in [0, 0.05) is 19.2 Å². The van der Waals surface area contributed by atoms with Gasteiger partial charge in [0.05, 0.1) is 10.5 Å². The maximum absolute atomic E-state index is 11.0. The summed E-state index contributed by atoms with van der Waals surface area (Å²) in [7, 11) is 0. The minimum absolute atomic E-state index is 0.108. The SMILES string of the molecule is CC(C)(CCCO)CNc1ccc(C(=O)O)cc1[N+](=O)[O-]. The topological polar surface area (TPSA) is 113 Å². The van der Waals surface area contributed by atoms with Crippen molar-refractivity contribution in [2.24, 2.45) is 5.41 Å². The number of rotatable bonds is 8. The Balaban J connectivity index is 2.88. The van der Waals surface area contributed by atoms with Gasteiger partial charge in [0.25, 0.3) is 5.69 Å². The molecule has 0 saturated heterocycles. The first-order valence-electron chi connectivity index (χ1n) is 6.63. The molecule has 0 radical (unpaired) electrons. The van der Waals surface area contributed by atoms with E-state index in [1.54, 1.807) is 0 Å². The lowest BCUT2D eigenvalue weighted by atomic mass is 9.88. The number of aliphatic hydroxyl groups excluding tert-OH is 1. The molecule has 0 atom stereocenters. The molecule has 0 heterocycles. The molecular formula is C14H20N2O5. The van der Waals surface area contributed by atoms with Crippen molar-refractivity contribution >= 4 is 17.3 Å². The highest BCUT2D eigenvalue weighted by Crippen LogP contribution is 2.28. The van der Waals surface area contributed by atoms with Gasteiger partial charge in [-0.15, -0.1) is 0 Å². The Kier molecular flexibility index (Phi) is 5.66. The summed E-state index contributed by atoms with van der Waals surface area (Å²) < 4.78 is 0. The van der Waals surface area contributed by atoms with Crippen LogP contribution in [0.1, 0.15) is 37.0 Å². The molecule has 0 aliphatic heterocycles. The standard InChI is InChI=1S/C14H20N2O5/c1-14(2,6-3-7-17)9-15-11-5-4-10(13(18)19)8-12(11)16(20)21/h4-5,8,15,17H,3,6-7,9H2,1-2H3,(H,18,19). The van der Waals surface area contributed by atoms with Gasteiger partial charge in [-0.25, -0.2) is 4.79 Å². The molecule has 0 aromatic heterocycles. The summed E-state index contributed by atoms with van der Waals surface area (Å²) >= 11 is 0. The smallest absolute Gasteiger partial charge is 0.335 e. The summed E-state index contributed by atoms with van der Waals surface area (Å²) in [6.45, 7) is 4.58. The summed E-state index contributed by atoms with van der Waals surface area (Å²) in [4.78, 5) is 21.3. The highest BCUT2D eigenvalue weighted by Gasteiger charge is 2.21. The lowest BCUT2D eigenvalue weighted by Gasteiger charge is -2.25. The Labute approximate surface area is 122 Å². The maximum Gasteiger partial charge on any atom is 0.335 e. The summed E-state index contributed by atoms with van der Waals surface area (Å²) in [6, 6.07) is 3.79. The van der Waals surface area contributed by atoms with Gasteiger partial charge in [-0.3, -0.25) is 10.1 Å². The molecule has 21 heavy (non-hydrogen) atoms. The van der Waals surface area contributed by atoms with Crippen LogP contribution in [-0.2, 0) is 0 Å². The highest BCUT2D eigenvalue weighted by atomic mass is 16.6. The number of nitro groups is 1. The number of hydrogen-bond acceptors (Lipinski definition) is 5. The molecule has 0 saturated carbocycles. The average molecular weight is 296 g/mol. The molecule has 0 fully saturated rings. The minimum Gasteiger partial charge on any atom is -0.478 e. The molecule has 116 valence electrons. The van der Waals surface area contributed by atoms with E-state index in [-0.39, 0.29) is 23.3 Å². The zero-order valence-electron chi connectivity index (χ0n) is 12.1. The zero-order chi connectivity index (χ0) is 16.0. The Morgan fingerprint density at radius 2 is 2.10 bits per heavy atom. The Morgan fingerprint density at radius 3 is 2.62 bits per heavy atom. The molecule has 7 heteroatoms. The van der Waals surface area contributed by atoms with Crippen LogP contribution in [0.25, 0.3) is 0 Å². The summed E-state index contributed by atoms with van der Waals surface area (Å²) in [5, 5.41) is 31.7. The molecule has 0 unspecified atom stereocenters. The molecule has 0 aliphatic rings. The van der Waals surface area contributed by atoms with E-state index < -0.39 is 10.9 Å². The monoisotopic (exact) mass is 296 g/mol. The van der Waals surface area contributed by atoms with Crippen molar-refractivity contribution in [3.8, 4) is 0 Å². The predicted molar refractivity (Wildman–Crippen MR) is 78.6 cm³/mol. The second-order valence-corrected chi connectivity index (χ2v) is 5.64. The van der Waals surface area contributed by atoms with E-state index in [2.05, 4.69) is 5.32 Å². The van der Waals surface area contributed by atoms with Crippen molar-refractivity contribution in [3.05, 3.63) is 33.9 Å². The normalized spacial score (nSPS) is 11.2. The predicted octanol–water partition coefficient (Wildman–Crippen LogP) is 2.50. The molecule has 1 aromatic carbocycles. The molecular weight excluding hydrogens is 276 g/mol. The van der Waals surface area contributed by atoms with Gasteiger partial charge in [-0.2, -0.15) is 0 Å². The van der Waals surface area contributed by atoms with Crippen LogP contribution in [0.4, 0.5) is 11.4 Å². The number of benzene rings is 1. The fourth-order valence-electron chi connectivity index (χ4n) is 1.95. The van der Waals surface area contributed by atoms with E-state index in [4.69, 9.17) is 10.2 Å². The molecule has 0 bridgehead atoms. The number of hydrogen-bond donors (Lipinski definition) is 3. The van der Waals surface area contributed by atoms with Gasteiger partial charge >= 0.3 is 5.97 Å². The second kappa shape index (κ2) is 7.03. The van der Waals surface area contributed by atoms with E-state index in [9.17, 15) is 14.9 Å². The molecule has 0 amide bonds. The van der Waals surface area contributed by atoms with Crippen molar-refractivity contribution in [2.45, 2.75) is 26.7 Å². The number of anilines is 1. The first-order valence-corrected chi connectivity index (χ1v) is 6.63. The van der Waals surface area contributed by atoms with Crippen LogP contribution in [0.5, 0.6) is 0 Å². The first-order chi connectivity index (χ1) is 9.76. The lowest BCUT2D eigenvalue weighted by Crippen LogP contribution is -2.23. The van der Waals surface area contributed by atoms with Crippen LogP contribution in [-0.4, -0.2) is 34.3 Å². The third-order valence-electron chi connectivity index (χ3n) is 3.21. The van der Waals surface area contributed by atoms with E-state index in [0.717, 1.165) is 12.5 Å². The molecule has 3 N–H and O–H groups in total. The quantitative estimate of drug-likeness (QED) is 0.502. The Hall–Kier alpha value is -2.15. The van der Waals surface area contributed by atoms with Crippen molar-refractivity contribution in [2.75, 3.05) is 18.5 Å². The molecule has 1 aromatic rings.